The number of aromatic nitrogens is 2. The van der Waals surface area contributed by atoms with Crippen LogP contribution in [0.3, 0.4) is 0 Å². The summed E-state index contributed by atoms with van der Waals surface area (Å²) in [5.41, 5.74) is 2.40. The Bertz CT molecular complexity index is 828. The number of rotatable bonds is 3. The molecule has 1 heterocycles. The number of allylic oxidation sites excluding steroid dienone is 1. The van der Waals surface area contributed by atoms with E-state index in [9.17, 15) is 10.4 Å². The quantitative estimate of drug-likeness (QED) is 0.567. The summed E-state index contributed by atoms with van der Waals surface area (Å²) in [7, 11) is 0. The molecular weight excluding hydrogens is 282 g/mol. The molecule has 102 valence electrons. The van der Waals surface area contributed by atoms with Crippen LogP contribution >= 0.6 is 11.8 Å². The molecule has 0 saturated carbocycles. The van der Waals surface area contributed by atoms with Crippen molar-refractivity contribution >= 4 is 28.9 Å². The van der Waals surface area contributed by atoms with Gasteiger partial charge in [0.05, 0.1) is 15.9 Å². The van der Waals surface area contributed by atoms with Crippen molar-refractivity contribution in [3.05, 3.63) is 59.0 Å². The van der Waals surface area contributed by atoms with E-state index in [2.05, 4.69) is 16.0 Å². The van der Waals surface area contributed by atoms with Crippen molar-refractivity contribution in [3.8, 4) is 11.8 Å². The molecule has 0 fully saturated rings. The number of thioether (sulfide) groups is 1. The van der Waals surface area contributed by atoms with E-state index in [1.54, 1.807) is 24.3 Å². The molecule has 21 heavy (non-hydrogen) atoms. The van der Waals surface area contributed by atoms with Crippen molar-refractivity contribution < 1.29 is 5.11 Å². The number of fused-ring (bicyclic) bond motifs is 1. The van der Waals surface area contributed by atoms with Crippen LogP contribution in [0, 0.1) is 11.3 Å². The van der Waals surface area contributed by atoms with Crippen LogP contribution in [0.5, 0.6) is 5.75 Å². The Morgan fingerprint density at radius 3 is 2.71 bits per heavy atom. The molecule has 0 aliphatic heterocycles. The third-order valence-corrected chi connectivity index (χ3v) is 3.72. The molecule has 4 nitrogen and oxygen atoms in total. The van der Waals surface area contributed by atoms with Crippen LogP contribution in [-0.2, 0) is 0 Å². The first kappa shape index (κ1) is 13.3. The van der Waals surface area contributed by atoms with Crippen molar-refractivity contribution in [2.75, 3.05) is 0 Å². The number of nitrogens with one attached hydrogen (secondary N) is 1. The summed E-state index contributed by atoms with van der Waals surface area (Å²) in [5.74, 6) is 0.149. The van der Waals surface area contributed by atoms with Gasteiger partial charge in [-0.2, -0.15) is 5.26 Å². The fraction of sp³-hybridized carbons (Fsp3) is 0. The summed E-state index contributed by atoms with van der Waals surface area (Å²) >= 11 is 1.24. The van der Waals surface area contributed by atoms with Gasteiger partial charge in [-0.25, -0.2) is 4.98 Å². The van der Waals surface area contributed by atoms with Gasteiger partial charge in [-0.3, -0.25) is 0 Å². The highest BCUT2D eigenvalue weighted by atomic mass is 32.2. The molecule has 0 atom stereocenters. The lowest BCUT2D eigenvalue weighted by molar-refractivity contribution is 0.474. The van der Waals surface area contributed by atoms with Gasteiger partial charge < -0.3 is 10.1 Å². The maximum atomic E-state index is 9.75. The second kappa shape index (κ2) is 5.73. The van der Waals surface area contributed by atoms with Gasteiger partial charge in [-0.15, -0.1) is 0 Å². The van der Waals surface area contributed by atoms with Crippen LogP contribution in [0.1, 0.15) is 5.56 Å². The third-order valence-electron chi connectivity index (χ3n) is 2.91. The summed E-state index contributed by atoms with van der Waals surface area (Å²) in [4.78, 5) is 8.03. The van der Waals surface area contributed by atoms with Crippen LogP contribution in [0.25, 0.3) is 17.1 Å². The number of hydrogen-bond acceptors (Lipinski definition) is 4. The normalized spacial score (nSPS) is 11.5. The maximum Gasteiger partial charge on any atom is 0.171 e. The Kier molecular flexibility index (Phi) is 3.63. The summed E-state index contributed by atoms with van der Waals surface area (Å²) in [6.07, 6.45) is 1.65. The second-order valence-electron chi connectivity index (χ2n) is 4.34. The Morgan fingerprint density at radius 2 is 1.95 bits per heavy atom. The predicted molar refractivity (Wildman–Crippen MR) is 83.6 cm³/mol. The van der Waals surface area contributed by atoms with Crippen LogP contribution in [0.15, 0.2) is 58.6 Å². The zero-order chi connectivity index (χ0) is 14.7. The highest BCUT2D eigenvalue weighted by Crippen LogP contribution is 2.29. The Morgan fingerprint density at radius 1 is 1.19 bits per heavy atom. The summed E-state index contributed by atoms with van der Waals surface area (Å²) in [6, 6.07) is 16.7. The average Bonchev–Trinajstić information content (AvgIpc) is 2.91. The average molecular weight is 293 g/mol. The maximum absolute atomic E-state index is 9.75. The van der Waals surface area contributed by atoms with Gasteiger partial charge in [-0.05, 0) is 36.0 Å². The summed E-state index contributed by atoms with van der Waals surface area (Å²) < 4.78 is 0. The first-order valence-electron chi connectivity index (χ1n) is 6.28. The number of nitrogens with zero attached hydrogens (tertiary/aromatic N) is 2. The largest absolute Gasteiger partial charge is 0.507 e. The zero-order valence-electron chi connectivity index (χ0n) is 10.9. The standard InChI is InChI=1S/C16H11N3OS/c17-10-12(9-11-5-1-4-8-15(11)20)21-16-18-13-6-2-3-7-14(13)19-16/h1-9,20H,(H,18,19). The minimum absolute atomic E-state index is 0.149. The van der Waals surface area contributed by atoms with E-state index in [1.807, 2.05) is 30.3 Å². The number of phenolic OH excluding ortho intramolecular Hbond substituents is 1. The lowest BCUT2D eigenvalue weighted by Crippen LogP contribution is -1.79. The Hall–Kier alpha value is -2.71. The number of aromatic hydroxyl groups is 1. The van der Waals surface area contributed by atoms with E-state index in [1.165, 1.54) is 11.8 Å². The van der Waals surface area contributed by atoms with Gasteiger partial charge in [0, 0.05) is 5.56 Å². The van der Waals surface area contributed by atoms with Crippen LogP contribution < -0.4 is 0 Å². The van der Waals surface area contributed by atoms with E-state index in [0.717, 1.165) is 11.0 Å². The number of phenols is 1. The number of hydrogen-bond donors (Lipinski definition) is 2. The number of benzene rings is 2. The highest BCUT2D eigenvalue weighted by molar-refractivity contribution is 8.03. The molecule has 0 aliphatic carbocycles. The molecule has 1 aromatic heterocycles. The number of para-hydroxylation sites is 3. The molecule has 5 heteroatoms. The first-order valence-corrected chi connectivity index (χ1v) is 7.10. The van der Waals surface area contributed by atoms with Crippen molar-refractivity contribution in [3.63, 3.8) is 0 Å². The van der Waals surface area contributed by atoms with Gasteiger partial charge in [0.2, 0.25) is 0 Å². The Balaban J connectivity index is 1.91. The van der Waals surface area contributed by atoms with Crippen molar-refractivity contribution in [1.82, 2.24) is 9.97 Å². The lowest BCUT2D eigenvalue weighted by atomic mass is 10.2. The SMILES string of the molecule is N#CC(=Cc1ccccc1O)Sc1nc2ccccc2[nH]1. The molecule has 0 spiro atoms. The van der Waals surface area contributed by atoms with Crippen molar-refractivity contribution in [2.45, 2.75) is 5.16 Å². The minimum atomic E-state index is 0.149. The zero-order valence-corrected chi connectivity index (χ0v) is 11.8. The van der Waals surface area contributed by atoms with Gasteiger partial charge in [-0.1, -0.05) is 30.3 Å². The van der Waals surface area contributed by atoms with Gasteiger partial charge >= 0.3 is 0 Å². The minimum Gasteiger partial charge on any atom is -0.507 e. The third kappa shape index (κ3) is 2.91. The van der Waals surface area contributed by atoms with E-state index in [4.69, 9.17) is 0 Å². The molecule has 2 N–H and O–H groups in total. The lowest BCUT2D eigenvalue weighted by Gasteiger charge is -1.99. The van der Waals surface area contributed by atoms with Crippen LogP contribution in [-0.4, -0.2) is 15.1 Å². The topological polar surface area (TPSA) is 72.7 Å². The van der Waals surface area contributed by atoms with E-state index >= 15 is 0 Å². The fourth-order valence-corrected chi connectivity index (χ4v) is 2.66. The molecule has 0 radical (unpaired) electrons. The van der Waals surface area contributed by atoms with Crippen molar-refractivity contribution in [1.29, 1.82) is 5.26 Å². The number of aromatic amines is 1. The van der Waals surface area contributed by atoms with Gasteiger partial charge in [0.15, 0.2) is 5.16 Å². The van der Waals surface area contributed by atoms with Crippen LogP contribution in [0.2, 0.25) is 0 Å². The monoisotopic (exact) mass is 293 g/mol. The molecule has 0 unspecified atom stereocenters. The van der Waals surface area contributed by atoms with Crippen molar-refractivity contribution in [2.24, 2.45) is 0 Å². The number of nitriles is 1. The van der Waals surface area contributed by atoms with E-state index in [-0.39, 0.29) is 5.75 Å². The molecule has 2 aromatic carbocycles. The van der Waals surface area contributed by atoms with Gasteiger partial charge in [0.25, 0.3) is 0 Å². The predicted octanol–water partition coefficient (Wildman–Crippen LogP) is 3.93. The molecule has 0 saturated heterocycles. The fourth-order valence-electron chi connectivity index (χ4n) is 1.92. The molecule has 3 rings (SSSR count). The Labute approximate surface area is 125 Å². The van der Waals surface area contributed by atoms with E-state index in [0.29, 0.717) is 15.6 Å². The molecule has 0 aliphatic rings. The number of H-pyrrole nitrogens is 1. The second-order valence-corrected chi connectivity index (χ2v) is 5.37. The van der Waals surface area contributed by atoms with Gasteiger partial charge in [0.1, 0.15) is 11.8 Å². The number of imidazole rings is 1. The van der Waals surface area contributed by atoms with E-state index < -0.39 is 0 Å². The molecule has 0 amide bonds. The highest BCUT2D eigenvalue weighted by Gasteiger charge is 2.07. The van der Waals surface area contributed by atoms with Crippen LogP contribution in [0.4, 0.5) is 0 Å². The summed E-state index contributed by atoms with van der Waals surface area (Å²) in [6.45, 7) is 0. The molecular formula is C16H11N3OS. The summed E-state index contributed by atoms with van der Waals surface area (Å²) in [5, 5.41) is 19.7. The molecule has 0 bridgehead atoms. The smallest absolute Gasteiger partial charge is 0.171 e. The first-order chi connectivity index (χ1) is 10.3. The molecule has 3 aromatic rings.